The molecule has 5 rings (SSSR count). The van der Waals surface area contributed by atoms with Crippen molar-refractivity contribution in [2.24, 2.45) is 5.92 Å². The number of H-pyrrole nitrogens is 1. The standard InChI is InChI=1S/C41H45N6O7P/c1-3-28(2)40(54-55(52)26-37(48)43-23-29-13-6-4-7-14-29)47-39(50)36(22-33-24-42-27-44-33)45-38(49)35(46-41(51)53-25-30-15-8-5-9-16-30)21-32-19-12-18-31-17-10-11-20-34(31)32/h4-20,24,26-28,35-36,40H,3,21-23,25H2,1-2H3,(H,42,44)(H,43,48)(H,45,49)(H,46,51)(H,47,50)/t28?,35-,36?,40?/m1/s1. The molecule has 55 heavy (non-hydrogen) atoms. The van der Waals surface area contributed by atoms with Gasteiger partial charge in [0.25, 0.3) is 5.91 Å². The molecule has 4 amide bonds. The van der Waals surface area contributed by atoms with Gasteiger partial charge in [0.1, 0.15) is 18.7 Å². The molecule has 14 heteroatoms. The molecule has 0 saturated heterocycles. The molecule has 286 valence electrons. The van der Waals surface area contributed by atoms with Crippen LogP contribution in [-0.4, -0.2) is 57.9 Å². The monoisotopic (exact) mass is 764 g/mol. The van der Waals surface area contributed by atoms with Gasteiger partial charge in [-0.25, -0.2) is 9.78 Å². The van der Waals surface area contributed by atoms with E-state index in [1.54, 1.807) is 6.92 Å². The van der Waals surface area contributed by atoms with Gasteiger partial charge in [0.15, 0.2) is 6.23 Å². The number of fused-ring (bicyclic) bond motifs is 1. The van der Waals surface area contributed by atoms with Crippen molar-refractivity contribution >= 4 is 48.4 Å². The summed E-state index contributed by atoms with van der Waals surface area (Å²) in [6.07, 6.45) is 1.73. The summed E-state index contributed by atoms with van der Waals surface area (Å²) in [6, 6.07) is 29.5. The van der Waals surface area contributed by atoms with Crippen molar-refractivity contribution in [2.45, 2.75) is 64.6 Å². The normalized spacial score (nSPS) is 13.5. The van der Waals surface area contributed by atoms with Crippen LogP contribution < -0.4 is 26.2 Å². The number of rotatable bonds is 18. The van der Waals surface area contributed by atoms with Crippen LogP contribution in [0.3, 0.4) is 0 Å². The van der Waals surface area contributed by atoms with E-state index in [1.165, 1.54) is 12.5 Å². The fourth-order valence-corrected chi connectivity index (χ4v) is 6.53. The first-order valence-corrected chi connectivity index (χ1v) is 19.2. The fraction of sp³-hybridized carbons (Fsp3) is 0.268. The van der Waals surface area contributed by atoms with Crippen LogP contribution in [-0.2, 0) is 49.6 Å². The van der Waals surface area contributed by atoms with Crippen LogP contribution in [0.4, 0.5) is 4.79 Å². The Kier molecular flexibility index (Phi) is 15.1. The predicted octanol–water partition coefficient (Wildman–Crippen LogP) is 4.42. The van der Waals surface area contributed by atoms with Gasteiger partial charge in [0, 0.05) is 37.2 Å². The van der Waals surface area contributed by atoms with Gasteiger partial charge in [-0.2, -0.15) is 4.52 Å². The van der Waals surface area contributed by atoms with E-state index in [0.29, 0.717) is 12.1 Å². The topological polar surface area (TPSA) is 187 Å². The van der Waals surface area contributed by atoms with E-state index in [2.05, 4.69) is 31.2 Å². The van der Waals surface area contributed by atoms with Crippen molar-refractivity contribution in [3.8, 4) is 0 Å². The van der Waals surface area contributed by atoms with E-state index in [0.717, 1.165) is 33.3 Å². The van der Waals surface area contributed by atoms with E-state index in [9.17, 15) is 24.1 Å². The van der Waals surface area contributed by atoms with Crippen molar-refractivity contribution in [3.05, 3.63) is 138 Å². The van der Waals surface area contributed by atoms with Crippen molar-refractivity contribution in [1.82, 2.24) is 31.2 Å². The summed E-state index contributed by atoms with van der Waals surface area (Å²) in [7, 11) is -2.64. The Morgan fingerprint density at radius 3 is 2.18 bits per heavy atom. The molecule has 0 fully saturated rings. The summed E-state index contributed by atoms with van der Waals surface area (Å²) in [5, 5.41) is 12.8. The number of amides is 4. The zero-order valence-electron chi connectivity index (χ0n) is 30.6. The first-order valence-electron chi connectivity index (χ1n) is 18.0. The predicted molar refractivity (Wildman–Crippen MR) is 209 cm³/mol. The van der Waals surface area contributed by atoms with Crippen molar-refractivity contribution in [2.75, 3.05) is 0 Å². The second kappa shape index (κ2) is 20.5. The van der Waals surface area contributed by atoms with Gasteiger partial charge < -0.3 is 35.9 Å². The Morgan fingerprint density at radius 1 is 0.818 bits per heavy atom. The largest absolute Gasteiger partial charge is 0.603 e. The van der Waals surface area contributed by atoms with Crippen LogP contribution in [0.25, 0.3) is 10.8 Å². The first kappa shape index (κ1) is 40.3. The summed E-state index contributed by atoms with van der Waals surface area (Å²) >= 11 is 0. The van der Waals surface area contributed by atoms with Crippen LogP contribution in [0.5, 0.6) is 0 Å². The summed E-state index contributed by atoms with van der Waals surface area (Å²) in [4.78, 5) is 73.8. The number of carbonyl (C=O) groups is 4. The van der Waals surface area contributed by atoms with Crippen LogP contribution in [0.2, 0.25) is 0 Å². The number of nitrogens with zero attached hydrogens (tertiary/aromatic N) is 1. The third-order valence-corrected chi connectivity index (χ3v) is 9.81. The smallest absolute Gasteiger partial charge is 0.408 e. The molecule has 0 radical (unpaired) electrons. The highest BCUT2D eigenvalue weighted by molar-refractivity contribution is 7.47. The molecule has 0 saturated carbocycles. The lowest BCUT2D eigenvalue weighted by atomic mass is 9.98. The summed E-state index contributed by atoms with van der Waals surface area (Å²) in [5.74, 6) is -1.26. The van der Waals surface area contributed by atoms with Crippen LogP contribution >= 0.6 is 8.00 Å². The molecule has 4 unspecified atom stereocenters. The average molecular weight is 765 g/mol. The van der Waals surface area contributed by atoms with E-state index < -0.39 is 50.1 Å². The van der Waals surface area contributed by atoms with E-state index in [4.69, 9.17) is 9.26 Å². The van der Waals surface area contributed by atoms with E-state index in [1.807, 2.05) is 110 Å². The average Bonchev–Trinajstić information content (AvgIpc) is 3.72. The maximum absolute atomic E-state index is 14.2. The maximum atomic E-state index is 14.2. The number of alkyl carbamates (subject to hydrolysis) is 1. The number of aromatic amines is 1. The Labute approximate surface area is 320 Å². The van der Waals surface area contributed by atoms with E-state index >= 15 is 0 Å². The van der Waals surface area contributed by atoms with E-state index in [-0.39, 0.29) is 31.9 Å². The van der Waals surface area contributed by atoms with Crippen LogP contribution in [0.1, 0.15) is 42.7 Å². The summed E-state index contributed by atoms with van der Waals surface area (Å²) in [6.45, 7) is 3.91. The number of hydrogen-bond donors (Lipinski definition) is 5. The molecule has 0 bridgehead atoms. The second-order valence-corrected chi connectivity index (χ2v) is 14.0. The highest BCUT2D eigenvalue weighted by atomic mass is 31.1. The molecule has 13 nitrogen and oxygen atoms in total. The molecule has 0 spiro atoms. The van der Waals surface area contributed by atoms with Crippen molar-refractivity contribution in [1.29, 1.82) is 0 Å². The SMILES string of the molecule is CCC(C)C(NC(=O)C(Cc1cnc[nH]1)NC(=O)[C@@H](Cc1cccc2ccccc12)NC(=O)OCc1ccccc1)O[P+]([O-])=CC(=O)NCc1ccccc1. The Balaban J connectivity index is 1.33. The number of imidazole rings is 1. The maximum Gasteiger partial charge on any atom is 0.408 e. The van der Waals surface area contributed by atoms with Crippen LogP contribution in [0.15, 0.2) is 116 Å². The number of nitrogens with one attached hydrogen (secondary N) is 5. The third kappa shape index (κ3) is 12.6. The molecule has 4 aromatic carbocycles. The number of carbonyl (C=O) groups excluding carboxylic acids is 4. The quantitative estimate of drug-likeness (QED) is 0.0641. The number of hydrogen-bond acceptors (Lipinski definition) is 8. The van der Waals surface area contributed by atoms with Gasteiger partial charge in [0.2, 0.25) is 25.6 Å². The molecule has 1 aromatic heterocycles. The minimum atomic E-state index is -2.64. The first-order chi connectivity index (χ1) is 26.7. The molecular weight excluding hydrogens is 719 g/mol. The summed E-state index contributed by atoms with van der Waals surface area (Å²) in [5.41, 5.74) is 2.99. The second-order valence-electron chi connectivity index (χ2n) is 13.0. The molecule has 5 aromatic rings. The molecule has 5 N–H and O–H groups in total. The van der Waals surface area contributed by atoms with Crippen molar-refractivity contribution < 1.29 is 33.3 Å². The zero-order chi connectivity index (χ0) is 39.0. The molecule has 0 aliphatic rings. The minimum absolute atomic E-state index is 0.00436. The highest BCUT2D eigenvalue weighted by Gasteiger charge is 2.32. The van der Waals surface area contributed by atoms with Gasteiger partial charge in [-0.05, 0) is 33.9 Å². The zero-order valence-corrected chi connectivity index (χ0v) is 31.5. The van der Waals surface area contributed by atoms with Gasteiger partial charge in [0.05, 0.1) is 6.33 Å². The highest BCUT2D eigenvalue weighted by Crippen LogP contribution is 2.22. The number of aromatic nitrogens is 2. The third-order valence-electron chi connectivity index (χ3n) is 8.93. The lowest BCUT2D eigenvalue weighted by Gasteiger charge is -2.26. The van der Waals surface area contributed by atoms with Gasteiger partial charge in [-0.1, -0.05) is 117 Å². The summed E-state index contributed by atoms with van der Waals surface area (Å²) < 4.78 is 11.2. The molecular formula is C41H45N6O7P. The Morgan fingerprint density at radius 2 is 1.47 bits per heavy atom. The molecule has 1 heterocycles. The van der Waals surface area contributed by atoms with Gasteiger partial charge >= 0.3 is 6.09 Å². The van der Waals surface area contributed by atoms with Gasteiger partial charge in [-0.15, -0.1) is 0 Å². The minimum Gasteiger partial charge on any atom is -0.603 e. The lowest BCUT2D eigenvalue weighted by Crippen LogP contribution is -2.57. The Hall–Kier alpha value is -5.88. The fourth-order valence-electron chi connectivity index (χ4n) is 5.70. The lowest BCUT2D eigenvalue weighted by molar-refractivity contribution is -0.178. The van der Waals surface area contributed by atoms with Crippen LogP contribution in [0, 0.1) is 5.92 Å². The van der Waals surface area contributed by atoms with Gasteiger partial charge in [-0.3, -0.25) is 14.4 Å². The molecule has 0 aliphatic heterocycles. The number of ether oxygens (including phenoxy) is 1. The van der Waals surface area contributed by atoms with Crippen molar-refractivity contribution in [3.63, 3.8) is 0 Å². The Bertz CT molecular complexity index is 2040. The molecule has 5 atom stereocenters. The number of benzene rings is 4. The molecule has 0 aliphatic carbocycles.